The van der Waals surface area contributed by atoms with Crippen molar-refractivity contribution >= 4 is 17.2 Å². The van der Waals surface area contributed by atoms with Gasteiger partial charge in [-0.25, -0.2) is 4.39 Å². The highest BCUT2D eigenvalue weighted by Crippen LogP contribution is 2.39. The Balaban J connectivity index is 1.63. The molecule has 3 heterocycles. The molecule has 1 aromatic rings. The number of carbonyl (C=O) groups excluding carboxylic acids is 1. The molecule has 24 heavy (non-hydrogen) atoms. The van der Waals surface area contributed by atoms with Crippen LogP contribution in [0.3, 0.4) is 0 Å². The first-order valence-electron chi connectivity index (χ1n) is 8.87. The number of hydrogen-bond acceptors (Lipinski definition) is 4. The first-order valence-corrected chi connectivity index (χ1v) is 9.75. The largest absolute Gasteiger partial charge is 0.385 e. The molecule has 6 heteroatoms. The van der Waals surface area contributed by atoms with E-state index in [1.54, 1.807) is 12.5 Å². The van der Waals surface area contributed by atoms with Gasteiger partial charge in [-0.2, -0.15) is 0 Å². The molecule has 4 nitrogen and oxygen atoms in total. The van der Waals surface area contributed by atoms with Crippen molar-refractivity contribution in [3.8, 4) is 0 Å². The van der Waals surface area contributed by atoms with Gasteiger partial charge in [-0.3, -0.25) is 4.79 Å². The van der Waals surface area contributed by atoms with Gasteiger partial charge in [0.2, 0.25) is 0 Å². The second kappa shape index (κ2) is 7.93. The highest BCUT2D eigenvalue weighted by molar-refractivity contribution is 7.12. The molecule has 0 aromatic carbocycles. The van der Waals surface area contributed by atoms with Gasteiger partial charge in [0.1, 0.15) is 10.7 Å². The van der Waals surface area contributed by atoms with Crippen LogP contribution in [-0.4, -0.2) is 62.1 Å². The fourth-order valence-corrected chi connectivity index (χ4v) is 4.97. The van der Waals surface area contributed by atoms with Gasteiger partial charge in [-0.1, -0.05) is 0 Å². The topological polar surface area (TPSA) is 32.8 Å². The molecule has 3 rings (SSSR count). The van der Waals surface area contributed by atoms with Gasteiger partial charge in [0, 0.05) is 45.3 Å². The number of halogens is 1. The molecular formula is C18H27FN2O2S. The summed E-state index contributed by atoms with van der Waals surface area (Å²) in [5.41, 5.74) is 0.187. The molecule has 1 spiro atoms. The molecule has 0 aliphatic carbocycles. The van der Waals surface area contributed by atoms with E-state index in [0.29, 0.717) is 0 Å². The third kappa shape index (κ3) is 3.98. The van der Waals surface area contributed by atoms with Crippen LogP contribution in [0.2, 0.25) is 0 Å². The summed E-state index contributed by atoms with van der Waals surface area (Å²) in [5.74, 6) is -0.507. The average Bonchev–Trinajstić information content (AvgIpc) is 3.01. The predicted octanol–water partition coefficient (Wildman–Crippen LogP) is 3.24. The third-order valence-electron chi connectivity index (χ3n) is 5.32. The lowest BCUT2D eigenvalue weighted by atomic mass is 9.73. The van der Waals surface area contributed by atoms with E-state index >= 15 is 0 Å². The highest BCUT2D eigenvalue weighted by atomic mass is 32.1. The third-order valence-corrected chi connectivity index (χ3v) is 6.20. The Labute approximate surface area is 147 Å². The van der Waals surface area contributed by atoms with Crippen molar-refractivity contribution in [1.82, 2.24) is 9.80 Å². The van der Waals surface area contributed by atoms with Crippen molar-refractivity contribution in [2.24, 2.45) is 5.41 Å². The maximum Gasteiger partial charge on any atom is 0.266 e. The van der Waals surface area contributed by atoms with Crippen molar-refractivity contribution in [3.63, 3.8) is 0 Å². The molecule has 2 saturated heterocycles. The molecule has 2 aliphatic heterocycles. The van der Waals surface area contributed by atoms with Crippen LogP contribution < -0.4 is 0 Å². The summed E-state index contributed by atoms with van der Waals surface area (Å²) in [5, 5.41) is 1.65. The number of thiophene rings is 1. The summed E-state index contributed by atoms with van der Waals surface area (Å²) < 4.78 is 18.9. The molecule has 2 aliphatic rings. The van der Waals surface area contributed by atoms with Crippen LogP contribution in [0.5, 0.6) is 0 Å². The molecule has 0 radical (unpaired) electrons. The lowest BCUT2D eigenvalue weighted by Gasteiger charge is -2.48. The molecular weight excluding hydrogens is 327 g/mol. The van der Waals surface area contributed by atoms with Gasteiger partial charge < -0.3 is 14.5 Å². The molecule has 1 atom stereocenters. The van der Waals surface area contributed by atoms with Gasteiger partial charge in [0.25, 0.3) is 5.91 Å². The summed E-state index contributed by atoms with van der Waals surface area (Å²) >= 11 is 1.21. The highest BCUT2D eigenvalue weighted by Gasteiger charge is 2.40. The summed E-state index contributed by atoms with van der Waals surface area (Å²) in [6, 6.07) is 1.38. The Morgan fingerprint density at radius 3 is 2.83 bits per heavy atom. The number of ether oxygens (including phenoxy) is 1. The maximum absolute atomic E-state index is 13.8. The lowest BCUT2D eigenvalue weighted by Crippen LogP contribution is -2.53. The first kappa shape index (κ1) is 17.8. The molecule has 1 aromatic heterocycles. The molecule has 2 fully saturated rings. The molecule has 1 amide bonds. The minimum absolute atomic E-state index is 0.127. The molecule has 0 bridgehead atoms. The zero-order chi connectivity index (χ0) is 17.0. The van der Waals surface area contributed by atoms with E-state index in [9.17, 15) is 9.18 Å². The Morgan fingerprint density at radius 1 is 1.33 bits per heavy atom. The number of likely N-dealkylation sites (tertiary alicyclic amines) is 2. The van der Waals surface area contributed by atoms with Crippen LogP contribution in [0.15, 0.2) is 11.4 Å². The minimum atomic E-state index is -0.380. The number of carbonyl (C=O) groups is 1. The number of hydrogen-bond donors (Lipinski definition) is 0. The summed E-state index contributed by atoms with van der Waals surface area (Å²) in [4.78, 5) is 17.3. The molecule has 134 valence electrons. The van der Waals surface area contributed by atoms with Gasteiger partial charge in [0.15, 0.2) is 0 Å². The van der Waals surface area contributed by atoms with E-state index in [2.05, 4.69) is 4.90 Å². The summed E-state index contributed by atoms with van der Waals surface area (Å²) in [7, 11) is 1.74. The Kier molecular flexibility index (Phi) is 5.89. The van der Waals surface area contributed by atoms with Gasteiger partial charge in [0.05, 0.1) is 0 Å². The quantitative estimate of drug-likeness (QED) is 0.761. The van der Waals surface area contributed by atoms with E-state index in [-0.39, 0.29) is 22.0 Å². The average molecular weight is 354 g/mol. The van der Waals surface area contributed by atoms with Gasteiger partial charge in [-0.15, -0.1) is 11.3 Å². The van der Waals surface area contributed by atoms with Crippen molar-refractivity contribution in [2.45, 2.75) is 32.1 Å². The lowest BCUT2D eigenvalue weighted by molar-refractivity contribution is 0.0118. The predicted molar refractivity (Wildman–Crippen MR) is 94.0 cm³/mol. The first-order chi connectivity index (χ1) is 11.6. The zero-order valence-electron chi connectivity index (χ0n) is 14.4. The Hall–Kier alpha value is -0.980. The fraction of sp³-hybridized carbons (Fsp3) is 0.722. The smallest absolute Gasteiger partial charge is 0.266 e. The van der Waals surface area contributed by atoms with Crippen LogP contribution in [0.4, 0.5) is 4.39 Å². The number of methoxy groups -OCH3 is 1. The number of amides is 1. The van der Waals surface area contributed by atoms with Crippen molar-refractivity contribution in [1.29, 1.82) is 0 Å². The van der Waals surface area contributed by atoms with E-state index in [1.807, 2.05) is 4.90 Å². The van der Waals surface area contributed by atoms with Gasteiger partial charge >= 0.3 is 0 Å². The standard InChI is InChI=1S/C18H27FN2O2S/c1-23-11-4-9-20-8-2-6-18(13-20)7-3-10-21(14-18)17(22)16-15(19)5-12-24-16/h5,12H,2-4,6-11,13-14H2,1H3. The van der Waals surface area contributed by atoms with Crippen LogP contribution in [-0.2, 0) is 4.74 Å². The Bertz CT molecular complexity index is 561. The molecule has 0 saturated carbocycles. The summed E-state index contributed by atoms with van der Waals surface area (Å²) in [6.45, 7) is 5.56. The monoisotopic (exact) mass is 354 g/mol. The van der Waals surface area contributed by atoms with Crippen LogP contribution in [0.1, 0.15) is 41.8 Å². The maximum atomic E-state index is 13.8. The molecule has 0 N–H and O–H groups in total. The van der Waals surface area contributed by atoms with Crippen LogP contribution >= 0.6 is 11.3 Å². The second-order valence-electron chi connectivity index (χ2n) is 7.15. The van der Waals surface area contributed by atoms with E-state index < -0.39 is 0 Å². The van der Waals surface area contributed by atoms with Crippen LogP contribution in [0, 0.1) is 11.2 Å². The normalized spacial score (nSPS) is 25.3. The number of nitrogens with zero attached hydrogens (tertiary/aromatic N) is 2. The zero-order valence-corrected chi connectivity index (χ0v) is 15.2. The van der Waals surface area contributed by atoms with E-state index in [0.717, 1.165) is 52.2 Å². The van der Waals surface area contributed by atoms with Crippen molar-refractivity contribution in [2.75, 3.05) is 46.4 Å². The SMILES string of the molecule is COCCCN1CCCC2(CCCN(C(=O)c3sccc3F)C2)C1. The van der Waals surface area contributed by atoms with E-state index in [4.69, 9.17) is 4.74 Å². The van der Waals surface area contributed by atoms with Crippen molar-refractivity contribution in [3.05, 3.63) is 22.1 Å². The minimum Gasteiger partial charge on any atom is -0.385 e. The van der Waals surface area contributed by atoms with Crippen molar-refractivity contribution < 1.29 is 13.9 Å². The second-order valence-corrected chi connectivity index (χ2v) is 8.07. The number of piperidine rings is 2. The van der Waals surface area contributed by atoms with E-state index in [1.165, 1.54) is 36.7 Å². The number of rotatable bonds is 5. The van der Waals surface area contributed by atoms with Crippen LogP contribution in [0.25, 0.3) is 0 Å². The van der Waals surface area contributed by atoms with Gasteiger partial charge in [-0.05, 0) is 50.1 Å². The fourth-order valence-electron chi connectivity index (χ4n) is 4.24. The molecule has 1 unspecified atom stereocenters. The summed E-state index contributed by atoms with van der Waals surface area (Å²) in [6.07, 6.45) is 5.59. The Morgan fingerprint density at radius 2 is 2.12 bits per heavy atom.